The van der Waals surface area contributed by atoms with Crippen LogP contribution in [0.3, 0.4) is 0 Å². The van der Waals surface area contributed by atoms with Crippen LogP contribution in [0.15, 0.2) is 72.3 Å². The lowest BCUT2D eigenvalue weighted by molar-refractivity contribution is -0.132. The zero-order valence-electron chi connectivity index (χ0n) is 19.5. The highest BCUT2D eigenvalue weighted by Crippen LogP contribution is 2.43. The second kappa shape index (κ2) is 9.54. The van der Waals surface area contributed by atoms with Crippen molar-refractivity contribution in [3.8, 4) is 0 Å². The lowest BCUT2D eigenvalue weighted by atomic mass is 9.92. The predicted molar refractivity (Wildman–Crippen MR) is 129 cm³/mol. The molecule has 1 N–H and O–H groups in total. The Bertz CT molecular complexity index is 1380. The number of carbonyl (C=O) groups is 3. The van der Waals surface area contributed by atoms with E-state index in [2.05, 4.69) is 0 Å². The fourth-order valence-corrected chi connectivity index (χ4v) is 4.23. The van der Waals surface area contributed by atoms with Gasteiger partial charge in [0.25, 0.3) is 11.7 Å². The third kappa shape index (κ3) is 4.33. The quantitative estimate of drug-likeness (QED) is 0.237. The second-order valence-corrected chi connectivity index (χ2v) is 8.26. The molecule has 1 aliphatic heterocycles. The summed E-state index contributed by atoms with van der Waals surface area (Å²) in [7, 11) is 0. The van der Waals surface area contributed by atoms with E-state index in [0.29, 0.717) is 11.3 Å². The molecular formula is C28H24FNO5. The van der Waals surface area contributed by atoms with Crippen LogP contribution >= 0.6 is 0 Å². The molecule has 0 bridgehead atoms. The second-order valence-electron chi connectivity index (χ2n) is 8.26. The molecule has 1 amide bonds. The summed E-state index contributed by atoms with van der Waals surface area (Å²) >= 11 is 0. The van der Waals surface area contributed by atoms with E-state index < -0.39 is 35.3 Å². The molecule has 1 heterocycles. The Morgan fingerprint density at radius 2 is 1.71 bits per heavy atom. The number of carbonyl (C=O) groups excluding carboxylic acids is 3. The van der Waals surface area contributed by atoms with Crippen molar-refractivity contribution in [3.05, 3.63) is 106 Å². The van der Waals surface area contributed by atoms with Gasteiger partial charge in [0, 0.05) is 11.3 Å². The Morgan fingerprint density at radius 1 is 0.971 bits per heavy atom. The first-order valence-corrected chi connectivity index (χ1v) is 11.1. The third-order valence-electron chi connectivity index (χ3n) is 5.99. The molecule has 6 nitrogen and oxygen atoms in total. The number of amides is 1. The predicted octanol–water partition coefficient (Wildman–Crippen LogP) is 5.25. The van der Waals surface area contributed by atoms with Crippen molar-refractivity contribution in [3.63, 3.8) is 0 Å². The number of ketones is 1. The number of hydrogen-bond acceptors (Lipinski definition) is 5. The molecule has 1 unspecified atom stereocenters. The van der Waals surface area contributed by atoms with Crippen molar-refractivity contribution in [2.45, 2.75) is 26.8 Å². The first-order chi connectivity index (χ1) is 16.7. The lowest BCUT2D eigenvalue weighted by Crippen LogP contribution is -2.30. The van der Waals surface area contributed by atoms with Crippen molar-refractivity contribution < 1.29 is 28.6 Å². The average Bonchev–Trinajstić information content (AvgIpc) is 3.11. The standard InChI is InChI=1S/C28H24FNO5/c1-4-35-28(34)19-9-7-10-20(15-19)30-24(21-11-6-5-8-16(21)2)23(26(32)27(30)33)25(31)18-12-13-22(29)17(3)14-18/h5-15,24,31H,4H2,1-3H3/b25-23+. The number of nitrogens with zero attached hydrogens (tertiary/aromatic N) is 1. The summed E-state index contributed by atoms with van der Waals surface area (Å²) in [5.74, 6) is -3.13. The number of hydrogen-bond donors (Lipinski definition) is 1. The first kappa shape index (κ1) is 23.9. The van der Waals surface area contributed by atoms with Crippen LogP contribution in [0.25, 0.3) is 5.76 Å². The van der Waals surface area contributed by atoms with E-state index >= 15 is 0 Å². The maximum Gasteiger partial charge on any atom is 0.338 e. The molecule has 3 aromatic carbocycles. The Balaban J connectivity index is 1.94. The maximum atomic E-state index is 13.8. The largest absolute Gasteiger partial charge is 0.507 e. The Morgan fingerprint density at radius 3 is 2.40 bits per heavy atom. The van der Waals surface area contributed by atoms with Gasteiger partial charge in [-0.05, 0) is 73.9 Å². The Hall–Kier alpha value is -4.26. The van der Waals surface area contributed by atoms with Gasteiger partial charge in [-0.25, -0.2) is 9.18 Å². The molecule has 1 aliphatic rings. The van der Waals surface area contributed by atoms with Gasteiger partial charge in [0.2, 0.25) is 0 Å². The number of benzene rings is 3. The summed E-state index contributed by atoms with van der Waals surface area (Å²) in [6.07, 6.45) is 0. The first-order valence-electron chi connectivity index (χ1n) is 11.1. The van der Waals surface area contributed by atoms with Gasteiger partial charge in [-0.3, -0.25) is 14.5 Å². The van der Waals surface area contributed by atoms with Crippen LogP contribution in [0.5, 0.6) is 0 Å². The van der Waals surface area contributed by atoms with Gasteiger partial charge < -0.3 is 9.84 Å². The summed E-state index contributed by atoms with van der Waals surface area (Å²) in [5, 5.41) is 11.2. The molecule has 0 radical (unpaired) electrons. The number of rotatable bonds is 5. The number of ether oxygens (including phenoxy) is 1. The number of aliphatic hydroxyl groups excluding tert-OH is 1. The number of esters is 1. The van der Waals surface area contributed by atoms with Crippen LogP contribution in [0.2, 0.25) is 0 Å². The third-order valence-corrected chi connectivity index (χ3v) is 5.99. The topological polar surface area (TPSA) is 83.9 Å². The molecule has 0 saturated carbocycles. The number of halogens is 1. The van der Waals surface area contributed by atoms with E-state index in [1.165, 1.54) is 29.2 Å². The highest BCUT2D eigenvalue weighted by Gasteiger charge is 2.47. The maximum absolute atomic E-state index is 13.8. The molecule has 178 valence electrons. The average molecular weight is 474 g/mol. The van der Waals surface area contributed by atoms with Crippen LogP contribution in [-0.4, -0.2) is 29.4 Å². The molecule has 1 atom stereocenters. The highest BCUT2D eigenvalue weighted by molar-refractivity contribution is 6.51. The minimum absolute atomic E-state index is 0.114. The Kier molecular flexibility index (Phi) is 6.51. The van der Waals surface area contributed by atoms with Crippen LogP contribution < -0.4 is 4.90 Å². The van der Waals surface area contributed by atoms with Crippen molar-refractivity contribution in [2.75, 3.05) is 11.5 Å². The van der Waals surface area contributed by atoms with Gasteiger partial charge in [-0.15, -0.1) is 0 Å². The lowest BCUT2D eigenvalue weighted by Gasteiger charge is -2.27. The molecule has 7 heteroatoms. The molecule has 0 spiro atoms. The highest BCUT2D eigenvalue weighted by atomic mass is 19.1. The van der Waals surface area contributed by atoms with Crippen LogP contribution in [0, 0.1) is 19.7 Å². The summed E-state index contributed by atoms with van der Waals surface area (Å²) in [6, 6.07) is 16.5. The molecule has 4 rings (SSSR count). The molecule has 1 fully saturated rings. The van der Waals surface area contributed by atoms with E-state index in [1.807, 2.05) is 19.1 Å². The summed E-state index contributed by atoms with van der Waals surface area (Å²) in [4.78, 5) is 40.2. The van der Waals surface area contributed by atoms with Gasteiger partial charge in [-0.2, -0.15) is 0 Å². The smallest absolute Gasteiger partial charge is 0.338 e. The summed E-state index contributed by atoms with van der Waals surface area (Å²) < 4.78 is 18.9. The minimum atomic E-state index is -0.959. The van der Waals surface area contributed by atoms with E-state index in [-0.39, 0.29) is 28.9 Å². The fourth-order valence-electron chi connectivity index (χ4n) is 4.23. The zero-order chi connectivity index (χ0) is 25.3. The fraction of sp³-hybridized carbons (Fsp3) is 0.179. The summed E-state index contributed by atoms with van der Waals surface area (Å²) in [5.41, 5.74) is 2.36. The van der Waals surface area contributed by atoms with E-state index in [9.17, 15) is 23.9 Å². The van der Waals surface area contributed by atoms with Crippen molar-refractivity contribution in [1.82, 2.24) is 0 Å². The number of Topliss-reactive ketones (excluding diaryl/α,β-unsaturated/α-hetero) is 1. The molecular weight excluding hydrogens is 449 g/mol. The van der Waals surface area contributed by atoms with Gasteiger partial charge in [0.15, 0.2) is 0 Å². The number of aryl methyl sites for hydroxylation is 2. The van der Waals surface area contributed by atoms with E-state index in [4.69, 9.17) is 4.74 Å². The molecule has 35 heavy (non-hydrogen) atoms. The van der Waals surface area contributed by atoms with E-state index in [1.54, 1.807) is 44.2 Å². The van der Waals surface area contributed by atoms with Gasteiger partial charge in [0.1, 0.15) is 11.6 Å². The van der Waals surface area contributed by atoms with Gasteiger partial charge in [0.05, 0.1) is 23.8 Å². The SMILES string of the molecule is CCOC(=O)c1cccc(N2C(=O)C(=O)/C(=C(/O)c3ccc(F)c(C)c3)C2c2ccccc2C)c1. The molecule has 0 aromatic heterocycles. The normalized spacial score (nSPS) is 17.0. The molecule has 1 saturated heterocycles. The molecule has 0 aliphatic carbocycles. The zero-order valence-corrected chi connectivity index (χ0v) is 19.5. The van der Waals surface area contributed by atoms with Crippen LogP contribution in [0.1, 0.15) is 45.6 Å². The van der Waals surface area contributed by atoms with Crippen molar-refractivity contribution >= 4 is 29.1 Å². The number of anilines is 1. The van der Waals surface area contributed by atoms with Crippen LogP contribution in [0.4, 0.5) is 10.1 Å². The van der Waals surface area contributed by atoms with Gasteiger partial charge in [-0.1, -0.05) is 30.3 Å². The van der Waals surface area contributed by atoms with Crippen LogP contribution in [-0.2, 0) is 14.3 Å². The van der Waals surface area contributed by atoms with Gasteiger partial charge >= 0.3 is 5.97 Å². The number of aliphatic hydroxyl groups is 1. The van der Waals surface area contributed by atoms with Crippen molar-refractivity contribution in [1.29, 1.82) is 0 Å². The molecule has 3 aromatic rings. The van der Waals surface area contributed by atoms with Crippen molar-refractivity contribution in [2.24, 2.45) is 0 Å². The van der Waals surface area contributed by atoms with E-state index in [0.717, 1.165) is 5.56 Å². The summed E-state index contributed by atoms with van der Waals surface area (Å²) in [6.45, 7) is 5.26. The minimum Gasteiger partial charge on any atom is -0.507 e. The Labute approximate surface area is 202 Å². The monoisotopic (exact) mass is 473 g/mol.